The van der Waals surface area contributed by atoms with E-state index >= 15 is 0 Å². The van der Waals surface area contributed by atoms with Crippen LogP contribution in [0.25, 0.3) is 0 Å². The number of methoxy groups -OCH3 is 1. The molecule has 1 fully saturated rings. The number of rotatable bonds is 6. The van der Waals surface area contributed by atoms with Crippen molar-refractivity contribution in [1.82, 2.24) is 15.3 Å². The molecule has 4 rings (SSSR count). The van der Waals surface area contributed by atoms with Gasteiger partial charge in [0.25, 0.3) is 0 Å². The molecule has 3 heterocycles. The third-order valence-corrected chi connectivity index (χ3v) is 6.16. The molecule has 2 atom stereocenters. The van der Waals surface area contributed by atoms with Gasteiger partial charge in [0, 0.05) is 50.3 Å². The standard InChI is InChI=1S/C23H31N5O2/c1-16(2)6-7-26-23(29)19-12-17-4-5-18(30-3)13-20(17)28-11-10-27(15-21(19)28)22-14-24-8-9-25-22/h4-5,8-9,13-14,16,19,21H,6-7,10-12,15H2,1-3H3,(H,26,29)/t19-,21+/m0/s1. The van der Waals surface area contributed by atoms with E-state index in [1.165, 1.54) is 11.3 Å². The van der Waals surface area contributed by atoms with Crippen LogP contribution in [0.5, 0.6) is 5.75 Å². The lowest BCUT2D eigenvalue weighted by molar-refractivity contribution is -0.125. The maximum atomic E-state index is 13.2. The first-order chi connectivity index (χ1) is 14.6. The minimum absolute atomic E-state index is 0.0828. The normalized spacial score (nSPS) is 20.5. The zero-order valence-electron chi connectivity index (χ0n) is 18.0. The molecular weight excluding hydrogens is 378 g/mol. The van der Waals surface area contributed by atoms with E-state index in [1.807, 2.05) is 6.07 Å². The fourth-order valence-electron chi connectivity index (χ4n) is 4.48. The molecule has 7 heteroatoms. The summed E-state index contributed by atoms with van der Waals surface area (Å²) in [5.74, 6) is 2.34. The quantitative estimate of drug-likeness (QED) is 0.791. The Labute approximate surface area is 178 Å². The smallest absolute Gasteiger partial charge is 0.225 e. The fraction of sp³-hybridized carbons (Fsp3) is 0.522. The predicted molar refractivity (Wildman–Crippen MR) is 118 cm³/mol. The molecule has 1 saturated heterocycles. The van der Waals surface area contributed by atoms with Crippen LogP contribution in [0.4, 0.5) is 11.5 Å². The van der Waals surface area contributed by atoms with Crippen LogP contribution in [0.2, 0.25) is 0 Å². The van der Waals surface area contributed by atoms with Crippen LogP contribution in [-0.4, -0.2) is 55.2 Å². The number of fused-ring (bicyclic) bond motifs is 3. The molecule has 0 bridgehead atoms. The summed E-state index contributed by atoms with van der Waals surface area (Å²) < 4.78 is 5.47. The van der Waals surface area contributed by atoms with Crippen molar-refractivity contribution >= 4 is 17.4 Å². The van der Waals surface area contributed by atoms with E-state index in [0.29, 0.717) is 5.92 Å². The molecule has 0 radical (unpaired) electrons. The second-order valence-electron chi connectivity index (χ2n) is 8.55. The van der Waals surface area contributed by atoms with Gasteiger partial charge < -0.3 is 19.9 Å². The number of carbonyl (C=O) groups excluding carboxylic acids is 1. The number of anilines is 2. The van der Waals surface area contributed by atoms with E-state index in [4.69, 9.17) is 4.74 Å². The number of piperazine rings is 1. The second-order valence-corrected chi connectivity index (χ2v) is 8.55. The van der Waals surface area contributed by atoms with Crippen LogP contribution in [0.1, 0.15) is 25.8 Å². The average Bonchev–Trinajstić information content (AvgIpc) is 2.78. The first-order valence-corrected chi connectivity index (χ1v) is 10.8. The van der Waals surface area contributed by atoms with E-state index in [2.05, 4.69) is 51.1 Å². The van der Waals surface area contributed by atoms with Gasteiger partial charge in [0.2, 0.25) is 5.91 Å². The van der Waals surface area contributed by atoms with Crippen LogP contribution >= 0.6 is 0 Å². The number of hydrogen-bond donors (Lipinski definition) is 1. The second kappa shape index (κ2) is 8.90. The number of nitrogens with zero attached hydrogens (tertiary/aromatic N) is 4. The van der Waals surface area contributed by atoms with Crippen LogP contribution in [0.3, 0.4) is 0 Å². The van der Waals surface area contributed by atoms with Gasteiger partial charge in [-0.3, -0.25) is 9.78 Å². The van der Waals surface area contributed by atoms with E-state index in [9.17, 15) is 4.79 Å². The molecule has 2 aliphatic rings. The van der Waals surface area contributed by atoms with Crippen molar-refractivity contribution in [3.05, 3.63) is 42.4 Å². The summed E-state index contributed by atoms with van der Waals surface area (Å²) in [4.78, 5) is 26.5. The van der Waals surface area contributed by atoms with Crippen LogP contribution in [0.15, 0.2) is 36.8 Å². The molecule has 0 saturated carbocycles. The van der Waals surface area contributed by atoms with Gasteiger partial charge in [0.1, 0.15) is 11.6 Å². The number of carbonyl (C=O) groups is 1. The molecule has 1 aromatic carbocycles. The molecule has 1 aromatic heterocycles. The number of amides is 1. The van der Waals surface area contributed by atoms with Gasteiger partial charge in [-0.25, -0.2) is 4.98 Å². The zero-order valence-corrected chi connectivity index (χ0v) is 18.0. The summed E-state index contributed by atoms with van der Waals surface area (Å²) in [6.45, 7) is 7.50. The van der Waals surface area contributed by atoms with Crippen molar-refractivity contribution in [3.63, 3.8) is 0 Å². The monoisotopic (exact) mass is 409 g/mol. The molecule has 0 aliphatic carbocycles. The molecule has 0 spiro atoms. The maximum Gasteiger partial charge on any atom is 0.225 e. The molecule has 1 amide bonds. The zero-order chi connectivity index (χ0) is 21.1. The predicted octanol–water partition coefficient (Wildman–Crippen LogP) is 2.52. The van der Waals surface area contributed by atoms with Crippen molar-refractivity contribution in [2.45, 2.75) is 32.7 Å². The van der Waals surface area contributed by atoms with E-state index < -0.39 is 0 Å². The SMILES string of the molecule is COc1ccc2c(c1)N1CCN(c3cnccn3)C[C@@H]1[C@@H](C(=O)NCCC(C)C)C2. The van der Waals surface area contributed by atoms with Crippen molar-refractivity contribution in [2.75, 3.05) is 43.1 Å². The number of aromatic nitrogens is 2. The minimum atomic E-state index is -0.0995. The first-order valence-electron chi connectivity index (χ1n) is 10.8. The Hall–Kier alpha value is -2.83. The Morgan fingerprint density at radius 1 is 1.30 bits per heavy atom. The molecule has 0 unspecified atom stereocenters. The van der Waals surface area contributed by atoms with Crippen LogP contribution < -0.4 is 19.9 Å². The van der Waals surface area contributed by atoms with Gasteiger partial charge >= 0.3 is 0 Å². The lowest BCUT2D eigenvalue weighted by Gasteiger charge is -2.49. The van der Waals surface area contributed by atoms with Crippen LogP contribution in [-0.2, 0) is 11.2 Å². The third-order valence-electron chi connectivity index (χ3n) is 6.16. The summed E-state index contributed by atoms with van der Waals surface area (Å²) in [6, 6.07) is 6.28. The number of hydrogen-bond acceptors (Lipinski definition) is 6. The van der Waals surface area contributed by atoms with Gasteiger partial charge in [-0.1, -0.05) is 19.9 Å². The lowest BCUT2D eigenvalue weighted by Crippen LogP contribution is -2.61. The number of nitrogens with one attached hydrogen (secondary N) is 1. The van der Waals surface area contributed by atoms with Gasteiger partial charge in [-0.05, 0) is 30.4 Å². The number of ether oxygens (including phenoxy) is 1. The van der Waals surface area contributed by atoms with E-state index in [1.54, 1.807) is 25.7 Å². The van der Waals surface area contributed by atoms with Crippen molar-refractivity contribution in [1.29, 1.82) is 0 Å². The minimum Gasteiger partial charge on any atom is -0.497 e. The Bertz CT molecular complexity index is 873. The lowest BCUT2D eigenvalue weighted by atomic mass is 9.83. The van der Waals surface area contributed by atoms with E-state index in [-0.39, 0.29) is 17.9 Å². The molecule has 2 aromatic rings. The van der Waals surface area contributed by atoms with Gasteiger partial charge in [0.15, 0.2) is 0 Å². The molecule has 160 valence electrons. The highest BCUT2D eigenvalue weighted by Crippen LogP contribution is 2.38. The topological polar surface area (TPSA) is 70.6 Å². The Morgan fingerprint density at radius 3 is 2.90 bits per heavy atom. The van der Waals surface area contributed by atoms with Gasteiger partial charge in [-0.2, -0.15) is 0 Å². The van der Waals surface area contributed by atoms with Crippen molar-refractivity contribution in [2.24, 2.45) is 11.8 Å². The molecular formula is C23H31N5O2. The Kier molecular flexibility index (Phi) is 6.06. The third kappa shape index (κ3) is 4.20. The van der Waals surface area contributed by atoms with E-state index in [0.717, 1.165) is 50.6 Å². The molecule has 7 nitrogen and oxygen atoms in total. The highest BCUT2D eigenvalue weighted by atomic mass is 16.5. The molecule has 2 aliphatic heterocycles. The summed E-state index contributed by atoms with van der Waals surface area (Å²) in [5.41, 5.74) is 2.40. The fourth-order valence-corrected chi connectivity index (χ4v) is 4.48. The number of benzene rings is 1. The van der Waals surface area contributed by atoms with Gasteiger partial charge in [0.05, 0.1) is 25.3 Å². The summed E-state index contributed by atoms with van der Waals surface area (Å²) >= 11 is 0. The summed E-state index contributed by atoms with van der Waals surface area (Å²) in [5, 5.41) is 3.19. The molecule has 30 heavy (non-hydrogen) atoms. The summed E-state index contributed by atoms with van der Waals surface area (Å²) in [7, 11) is 1.69. The van der Waals surface area contributed by atoms with Crippen molar-refractivity contribution in [3.8, 4) is 5.75 Å². The highest BCUT2D eigenvalue weighted by Gasteiger charge is 2.41. The van der Waals surface area contributed by atoms with Crippen LogP contribution in [0, 0.1) is 11.8 Å². The first kappa shape index (κ1) is 20.4. The Balaban J connectivity index is 1.60. The highest BCUT2D eigenvalue weighted by molar-refractivity contribution is 5.82. The largest absolute Gasteiger partial charge is 0.497 e. The maximum absolute atomic E-state index is 13.2. The molecule has 1 N–H and O–H groups in total. The summed E-state index contributed by atoms with van der Waals surface area (Å²) in [6.07, 6.45) is 6.94. The Morgan fingerprint density at radius 2 is 2.17 bits per heavy atom. The average molecular weight is 410 g/mol. The van der Waals surface area contributed by atoms with Crippen molar-refractivity contribution < 1.29 is 9.53 Å². The van der Waals surface area contributed by atoms with Gasteiger partial charge in [-0.15, -0.1) is 0 Å².